The van der Waals surface area contributed by atoms with Gasteiger partial charge in [-0.15, -0.1) is 11.3 Å². The smallest absolute Gasteiger partial charge is 0.262 e. The predicted molar refractivity (Wildman–Crippen MR) is 127 cm³/mol. The zero-order valence-electron chi connectivity index (χ0n) is 18.3. The summed E-state index contributed by atoms with van der Waals surface area (Å²) in [4.78, 5) is 17.1. The highest BCUT2D eigenvalue weighted by molar-refractivity contribution is 7.92. The van der Waals surface area contributed by atoms with Crippen LogP contribution in [-0.4, -0.2) is 33.0 Å². The fraction of sp³-hybridized carbons (Fsp3) is 0.304. The molecule has 2 aromatic carbocycles. The van der Waals surface area contributed by atoms with Gasteiger partial charge in [-0.2, -0.15) is 0 Å². The molecule has 0 saturated carbocycles. The molecule has 1 aromatic heterocycles. The molecule has 0 aliphatic heterocycles. The summed E-state index contributed by atoms with van der Waals surface area (Å²) in [7, 11) is -2.43. The van der Waals surface area contributed by atoms with Crippen LogP contribution in [-0.2, 0) is 16.4 Å². The van der Waals surface area contributed by atoms with Crippen molar-refractivity contribution < 1.29 is 17.9 Å². The van der Waals surface area contributed by atoms with Crippen LogP contribution >= 0.6 is 11.3 Å². The summed E-state index contributed by atoms with van der Waals surface area (Å²) in [6.07, 6.45) is 2.62. The van der Waals surface area contributed by atoms with Gasteiger partial charge in [-0.05, 0) is 62.9 Å². The lowest BCUT2D eigenvalue weighted by atomic mass is 10.1. The van der Waals surface area contributed by atoms with E-state index < -0.39 is 10.0 Å². The Labute approximate surface area is 192 Å². The molecule has 170 valence electrons. The minimum atomic E-state index is -3.91. The Morgan fingerprint density at radius 2 is 1.91 bits per heavy atom. The number of anilines is 1. The van der Waals surface area contributed by atoms with E-state index in [1.807, 2.05) is 12.3 Å². The zero-order chi connectivity index (χ0) is 23.1. The van der Waals surface area contributed by atoms with Gasteiger partial charge in [0, 0.05) is 23.2 Å². The largest absolute Gasteiger partial charge is 0.495 e. The Morgan fingerprint density at radius 3 is 2.62 bits per heavy atom. The van der Waals surface area contributed by atoms with Crippen LogP contribution in [0.5, 0.6) is 5.75 Å². The van der Waals surface area contributed by atoms with Crippen LogP contribution in [0.15, 0.2) is 52.7 Å². The van der Waals surface area contributed by atoms with Crippen molar-refractivity contribution in [3.63, 3.8) is 0 Å². The molecule has 2 N–H and O–H groups in total. The molecular formula is C23H27N3O4S2. The number of unbranched alkanes of at least 4 members (excludes halogenated alkanes) is 1. The van der Waals surface area contributed by atoms with Crippen molar-refractivity contribution in [1.82, 2.24) is 10.3 Å². The van der Waals surface area contributed by atoms with Crippen molar-refractivity contribution in [3.8, 4) is 5.75 Å². The molecule has 32 heavy (non-hydrogen) atoms. The molecule has 0 unspecified atom stereocenters. The van der Waals surface area contributed by atoms with Gasteiger partial charge in [-0.25, -0.2) is 13.4 Å². The fourth-order valence-corrected chi connectivity index (χ4v) is 5.34. The molecule has 0 fully saturated rings. The summed E-state index contributed by atoms with van der Waals surface area (Å²) in [5.41, 5.74) is 2.21. The van der Waals surface area contributed by atoms with E-state index in [-0.39, 0.29) is 10.8 Å². The van der Waals surface area contributed by atoms with Gasteiger partial charge in [0.05, 0.1) is 22.7 Å². The van der Waals surface area contributed by atoms with Crippen LogP contribution in [0, 0.1) is 13.8 Å². The first-order valence-corrected chi connectivity index (χ1v) is 12.6. The van der Waals surface area contributed by atoms with Crippen molar-refractivity contribution in [3.05, 3.63) is 69.7 Å². The number of methoxy groups -OCH3 is 1. The number of para-hydroxylation sites is 2. The Bertz CT molecular complexity index is 1190. The van der Waals surface area contributed by atoms with Crippen LogP contribution in [0.25, 0.3) is 0 Å². The second-order valence-corrected chi connectivity index (χ2v) is 9.98. The summed E-state index contributed by atoms with van der Waals surface area (Å²) in [6, 6.07) is 11.4. The van der Waals surface area contributed by atoms with Crippen molar-refractivity contribution in [1.29, 1.82) is 0 Å². The molecule has 0 aliphatic rings. The van der Waals surface area contributed by atoms with Crippen LogP contribution in [0.3, 0.4) is 0 Å². The number of nitrogens with zero attached hydrogens (tertiary/aromatic N) is 1. The van der Waals surface area contributed by atoms with Crippen molar-refractivity contribution in [2.24, 2.45) is 0 Å². The number of nitrogens with one attached hydrogen (secondary N) is 2. The highest BCUT2D eigenvalue weighted by Gasteiger charge is 2.20. The third-order valence-corrected chi connectivity index (χ3v) is 7.39. The molecule has 3 aromatic rings. The monoisotopic (exact) mass is 473 g/mol. The van der Waals surface area contributed by atoms with E-state index in [1.54, 1.807) is 54.7 Å². The fourth-order valence-electron chi connectivity index (χ4n) is 3.18. The van der Waals surface area contributed by atoms with E-state index in [4.69, 9.17) is 4.74 Å². The normalized spacial score (nSPS) is 11.2. The van der Waals surface area contributed by atoms with Crippen LogP contribution in [0.4, 0.5) is 5.69 Å². The molecule has 0 saturated heterocycles. The molecule has 0 spiro atoms. The van der Waals surface area contributed by atoms with E-state index in [2.05, 4.69) is 15.0 Å². The molecule has 7 nitrogen and oxygen atoms in total. The first-order valence-electron chi connectivity index (χ1n) is 10.3. The quantitative estimate of drug-likeness (QED) is 0.427. The predicted octanol–water partition coefficient (Wildman–Crippen LogP) is 4.32. The van der Waals surface area contributed by atoms with Gasteiger partial charge in [-0.1, -0.05) is 18.2 Å². The van der Waals surface area contributed by atoms with Gasteiger partial charge >= 0.3 is 0 Å². The number of hydrogen-bond donors (Lipinski definition) is 2. The molecule has 3 rings (SSSR count). The number of ether oxygens (including phenoxy) is 1. The van der Waals surface area contributed by atoms with E-state index in [9.17, 15) is 13.2 Å². The first-order chi connectivity index (χ1) is 15.3. The summed E-state index contributed by atoms with van der Waals surface area (Å²) < 4.78 is 33.8. The maximum Gasteiger partial charge on any atom is 0.262 e. The van der Waals surface area contributed by atoms with E-state index in [0.29, 0.717) is 29.1 Å². The average Bonchev–Trinajstić information content (AvgIpc) is 3.18. The maximum absolute atomic E-state index is 13.0. The Hall–Kier alpha value is -2.91. The minimum Gasteiger partial charge on any atom is -0.495 e. The van der Waals surface area contributed by atoms with Gasteiger partial charge in [0.15, 0.2) is 0 Å². The van der Waals surface area contributed by atoms with Crippen molar-refractivity contribution >= 4 is 33.0 Å². The zero-order valence-corrected chi connectivity index (χ0v) is 20.0. The van der Waals surface area contributed by atoms with Crippen LogP contribution < -0.4 is 14.8 Å². The van der Waals surface area contributed by atoms with E-state index in [0.717, 1.165) is 30.0 Å². The van der Waals surface area contributed by atoms with Gasteiger partial charge in [-0.3, -0.25) is 9.52 Å². The number of rotatable bonds is 10. The Balaban J connectivity index is 1.63. The number of amides is 1. The van der Waals surface area contributed by atoms with Crippen molar-refractivity contribution in [2.75, 3.05) is 18.4 Å². The third-order valence-electron chi connectivity index (χ3n) is 4.86. The third kappa shape index (κ3) is 6.08. The lowest BCUT2D eigenvalue weighted by Crippen LogP contribution is -2.25. The SMILES string of the molecule is COc1ccccc1NS(=O)(=O)c1cc(C(=O)NCCCCc2nc(C)cs2)ccc1C. The molecule has 0 aliphatic carbocycles. The maximum atomic E-state index is 13.0. The average molecular weight is 474 g/mol. The van der Waals surface area contributed by atoms with Gasteiger partial charge < -0.3 is 10.1 Å². The molecule has 9 heteroatoms. The highest BCUT2D eigenvalue weighted by Crippen LogP contribution is 2.27. The number of carbonyl (C=O) groups is 1. The summed E-state index contributed by atoms with van der Waals surface area (Å²) in [5.74, 6) is 0.111. The van der Waals surface area contributed by atoms with Gasteiger partial charge in [0.25, 0.3) is 15.9 Å². The first kappa shape index (κ1) is 23.7. The molecule has 0 atom stereocenters. The van der Waals surface area contributed by atoms with Gasteiger partial charge in [0.1, 0.15) is 5.75 Å². The number of carbonyl (C=O) groups excluding carboxylic acids is 1. The number of benzene rings is 2. The number of hydrogen-bond acceptors (Lipinski definition) is 6. The molecular weight excluding hydrogens is 446 g/mol. The minimum absolute atomic E-state index is 0.0511. The lowest BCUT2D eigenvalue weighted by molar-refractivity contribution is 0.0953. The molecule has 0 radical (unpaired) electrons. The number of thiazole rings is 1. The van der Waals surface area contributed by atoms with Crippen LogP contribution in [0.2, 0.25) is 0 Å². The molecule has 1 amide bonds. The Morgan fingerprint density at radius 1 is 1.12 bits per heavy atom. The lowest BCUT2D eigenvalue weighted by Gasteiger charge is -2.14. The topological polar surface area (TPSA) is 97.4 Å². The van der Waals surface area contributed by atoms with Crippen molar-refractivity contribution in [2.45, 2.75) is 38.0 Å². The molecule has 0 bridgehead atoms. The highest BCUT2D eigenvalue weighted by atomic mass is 32.2. The number of aryl methyl sites for hydroxylation is 3. The Kier molecular flexibility index (Phi) is 7.87. The van der Waals surface area contributed by atoms with Gasteiger partial charge in [0.2, 0.25) is 0 Å². The number of sulfonamides is 1. The second-order valence-electron chi connectivity index (χ2n) is 7.38. The summed E-state index contributed by atoms with van der Waals surface area (Å²) >= 11 is 1.65. The van der Waals surface area contributed by atoms with E-state index in [1.165, 1.54) is 13.2 Å². The summed E-state index contributed by atoms with van der Waals surface area (Å²) in [6.45, 7) is 4.18. The second kappa shape index (κ2) is 10.6. The number of aromatic nitrogens is 1. The standard InChI is InChI=1S/C23H27N3O4S2/c1-16-11-12-18(23(27)24-13-7-6-10-22-25-17(2)15-31-22)14-21(16)32(28,29)26-19-8-4-5-9-20(19)30-3/h4-5,8-9,11-12,14-15,26H,6-7,10,13H2,1-3H3,(H,24,27). The summed E-state index contributed by atoms with van der Waals surface area (Å²) in [5, 5.41) is 6.00. The van der Waals surface area contributed by atoms with Crippen LogP contribution in [0.1, 0.15) is 39.5 Å². The molecule has 1 heterocycles. The van der Waals surface area contributed by atoms with E-state index >= 15 is 0 Å².